The van der Waals surface area contributed by atoms with Crippen LogP contribution in [0.2, 0.25) is 5.02 Å². The molecule has 27 heavy (non-hydrogen) atoms. The Balaban J connectivity index is 2.13. The summed E-state index contributed by atoms with van der Waals surface area (Å²) in [7, 11) is 0. The van der Waals surface area contributed by atoms with E-state index < -0.39 is 17.7 Å². The lowest BCUT2D eigenvalue weighted by Gasteiger charge is -2.18. The zero-order valence-corrected chi connectivity index (χ0v) is 14.9. The van der Waals surface area contributed by atoms with Gasteiger partial charge in [0.1, 0.15) is 11.9 Å². The number of nitrogens with two attached hydrogens (primary N) is 1. The van der Waals surface area contributed by atoms with Gasteiger partial charge in [0.15, 0.2) is 5.78 Å². The molecule has 0 saturated carbocycles. The van der Waals surface area contributed by atoms with Gasteiger partial charge in [-0.1, -0.05) is 29.8 Å². The van der Waals surface area contributed by atoms with Crippen molar-refractivity contribution in [2.24, 2.45) is 5.73 Å². The Morgan fingerprint density at radius 2 is 1.67 bits per heavy atom. The maximum atomic E-state index is 13.2. The molecule has 3 N–H and O–H groups in total. The fourth-order valence-electron chi connectivity index (χ4n) is 2.64. The summed E-state index contributed by atoms with van der Waals surface area (Å²) in [6.07, 6.45) is 1.72. The summed E-state index contributed by atoms with van der Waals surface area (Å²) in [5.41, 5.74) is 7.51. The Kier molecular flexibility index (Phi) is 5.64. The summed E-state index contributed by atoms with van der Waals surface area (Å²) in [4.78, 5) is 17.1. The Morgan fingerprint density at radius 1 is 1.04 bits per heavy atom. The maximum Gasteiger partial charge on any atom is 0.194 e. The molecule has 0 saturated heterocycles. The zero-order chi connectivity index (χ0) is 19.4. The minimum atomic E-state index is -1.30. The van der Waals surface area contributed by atoms with Crippen LogP contribution >= 0.6 is 11.6 Å². The number of hydrogen-bond acceptors (Lipinski definition) is 4. The van der Waals surface area contributed by atoms with Crippen molar-refractivity contribution in [3.8, 4) is 0 Å². The number of aliphatic hydroxyl groups is 1. The van der Waals surface area contributed by atoms with E-state index in [1.807, 2.05) is 0 Å². The van der Waals surface area contributed by atoms with E-state index in [0.29, 0.717) is 16.1 Å². The highest BCUT2D eigenvalue weighted by Gasteiger charge is 2.26. The van der Waals surface area contributed by atoms with Gasteiger partial charge in [0.05, 0.1) is 5.57 Å². The Hall–Kier alpha value is -3.02. The van der Waals surface area contributed by atoms with Crippen molar-refractivity contribution in [1.29, 1.82) is 0 Å². The number of halogens is 2. The highest BCUT2D eigenvalue weighted by molar-refractivity contribution is 6.30. The molecule has 2 aromatic carbocycles. The van der Waals surface area contributed by atoms with Crippen LogP contribution in [0.15, 0.2) is 78.6 Å². The quantitative estimate of drug-likeness (QED) is 0.513. The van der Waals surface area contributed by atoms with Gasteiger partial charge in [-0.3, -0.25) is 9.78 Å². The topological polar surface area (TPSA) is 76.2 Å². The van der Waals surface area contributed by atoms with E-state index in [1.54, 1.807) is 42.6 Å². The lowest BCUT2D eigenvalue weighted by atomic mass is 9.91. The summed E-state index contributed by atoms with van der Waals surface area (Å²) in [6, 6.07) is 14.9. The van der Waals surface area contributed by atoms with Crippen LogP contribution in [-0.4, -0.2) is 15.9 Å². The molecule has 3 aromatic rings. The number of carbonyl (C=O) groups is 1. The number of Topliss-reactive ketones (excluding diaryl/α,β-unsaturated/α-hetero) is 1. The van der Waals surface area contributed by atoms with Crippen molar-refractivity contribution in [3.05, 3.63) is 106 Å². The molecule has 1 atom stereocenters. The summed E-state index contributed by atoms with van der Waals surface area (Å²) in [6.45, 7) is 0. The third-order valence-electron chi connectivity index (χ3n) is 4.07. The molecule has 0 amide bonds. The van der Waals surface area contributed by atoms with E-state index in [4.69, 9.17) is 17.3 Å². The van der Waals surface area contributed by atoms with Gasteiger partial charge in [-0.05, 0) is 48.0 Å². The molecule has 0 aliphatic rings. The molecule has 0 aliphatic heterocycles. The lowest BCUT2D eigenvalue weighted by molar-refractivity contribution is 0.0988. The molecule has 1 aromatic heterocycles. The summed E-state index contributed by atoms with van der Waals surface area (Å²) < 4.78 is 13.2. The number of pyridine rings is 1. The molecule has 0 fully saturated rings. The van der Waals surface area contributed by atoms with Gasteiger partial charge in [0.2, 0.25) is 0 Å². The second-order valence-corrected chi connectivity index (χ2v) is 6.30. The van der Waals surface area contributed by atoms with Crippen molar-refractivity contribution >= 4 is 23.1 Å². The van der Waals surface area contributed by atoms with Crippen LogP contribution in [0.4, 0.5) is 4.39 Å². The van der Waals surface area contributed by atoms with Crippen LogP contribution in [0, 0.1) is 5.82 Å². The summed E-state index contributed by atoms with van der Waals surface area (Å²) >= 11 is 5.91. The molecule has 3 rings (SSSR count). The number of hydrogen-bond donors (Lipinski definition) is 2. The number of carbonyl (C=O) groups excluding carboxylic acids is 1. The Morgan fingerprint density at radius 3 is 2.26 bits per heavy atom. The minimum Gasteiger partial charge on any atom is -0.398 e. The van der Waals surface area contributed by atoms with Crippen molar-refractivity contribution in [3.63, 3.8) is 0 Å². The highest BCUT2D eigenvalue weighted by atomic mass is 35.5. The molecule has 136 valence electrons. The van der Waals surface area contributed by atoms with Crippen molar-refractivity contribution in [1.82, 2.24) is 4.98 Å². The molecule has 0 bridgehead atoms. The molecular formula is C21H16ClFN2O2. The van der Waals surface area contributed by atoms with Crippen LogP contribution in [0.25, 0.3) is 5.70 Å². The number of ketones is 1. The predicted octanol–water partition coefficient (Wildman–Crippen LogP) is 4.16. The monoisotopic (exact) mass is 382 g/mol. The molecular weight excluding hydrogens is 367 g/mol. The smallest absolute Gasteiger partial charge is 0.194 e. The Labute approximate surface area is 160 Å². The summed E-state index contributed by atoms with van der Waals surface area (Å²) in [5, 5.41) is 11.4. The van der Waals surface area contributed by atoms with Crippen molar-refractivity contribution in [2.75, 3.05) is 0 Å². The van der Waals surface area contributed by atoms with Crippen molar-refractivity contribution < 1.29 is 14.3 Å². The third-order valence-corrected chi connectivity index (χ3v) is 4.32. The van der Waals surface area contributed by atoms with Gasteiger partial charge in [-0.2, -0.15) is 0 Å². The first-order chi connectivity index (χ1) is 13.0. The lowest BCUT2D eigenvalue weighted by Crippen LogP contribution is -2.18. The van der Waals surface area contributed by atoms with E-state index in [0.717, 1.165) is 0 Å². The number of benzene rings is 2. The average Bonchev–Trinajstić information content (AvgIpc) is 2.69. The van der Waals surface area contributed by atoms with Gasteiger partial charge >= 0.3 is 0 Å². The maximum absolute atomic E-state index is 13.2. The van der Waals surface area contributed by atoms with Crippen LogP contribution < -0.4 is 5.73 Å². The first-order valence-electron chi connectivity index (χ1n) is 8.11. The second kappa shape index (κ2) is 8.12. The van der Waals surface area contributed by atoms with E-state index >= 15 is 0 Å². The van der Waals surface area contributed by atoms with Crippen LogP contribution in [0.1, 0.15) is 27.6 Å². The molecule has 0 radical (unpaired) electrons. The Bertz CT molecular complexity index is 971. The third kappa shape index (κ3) is 4.22. The molecule has 4 nitrogen and oxygen atoms in total. The fourth-order valence-corrected chi connectivity index (χ4v) is 2.77. The highest BCUT2D eigenvalue weighted by Crippen LogP contribution is 2.30. The average molecular weight is 383 g/mol. The normalized spacial score (nSPS) is 13.0. The largest absolute Gasteiger partial charge is 0.398 e. The van der Waals surface area contributed by atoms with E-state index in [9.17, 15) is 14.3 Å². The first kappa shape index (κ1) is 18.8. The SMILES string of the molecule is NC(=C(C(=O)c1ccc(F)cc1)C(O)c1cccnc1)c1ccc(Cl)cc1. The standard InChI is InChI=1S/C21H16ClFN2O2/c22-16-7-3-13(4-8-16)19(24)18(21(27)15-2-1-11-25-12-15)20(26)14-5-9-17(23)10-6-14/h1-12,21,27H,24H2. The molecule has 1 heterocycles. The fraction of sp³-hybridized carbons (Fsp3) is 0.0476. The number of aliphatic hydroxyl groups excluding tert-OH is 1. The van der Waals surface area contributed by atoms with Gasteiger partial charge in [0.25, 0.3) is 0 Å². The summed E-state index contributed by atoms with van der Waals surface area (Å²) in [5.74, 6) is -0.964. The number of aromatic nitrogens is 1. The molecule has 6 heteroatoms. The van der Waals surface area contributed by atoms with Gasteiger partial charge in [0, 0.05) is 34.2 Å². The second-order valence-electron chi connectivity index (χ2n) is 5.86. The van der Waals surface area contributed by atoms with Crippen molar-refractivity contribution in [2.45, 2.75) is 6.10 Å². The van der Waals surface area contributed by atoms with E-state index in [1.165, 1.54) is 30.5 Å². The molecule has 1 unspecified atom stereocenters. The van der Waals surface area contributed by atoms with Crippen LogP contribution in [0.3, 0.4) is 0 Å². The van der Waals surface area contributed by atoms with E-state index in [-0.39, 0.29) is 16.8 Å². The minimum absolute atomic E-state index is 0.0167. The van der Waals surface area contributed by atoms with Crippen LogP contribution in [-0.2, 0) is 0 Å². The molecule has 0 spiro atoms. The van der Waals surface area contributed by atoms with Crippen LogP contribution in [0.5, 0.6) is 0 Å². The van der Waals surface area contributed by atoms with E-state index in [2.05, 4.69) is 4.98 Å². The van der Waals surface area contributed by atoms with Gasteiger partial charge < -0.3 is 10.8 Å². The van der Waals surface area contributed by atoms with Gasteiger partial charge in [-0.25, -0.2) is 4.39 Å². The number of rotatable bonds is 5. The first-order valence-corrected chi connectivity index (χ1v) is 8.49. The zero-order valence-electron chi connectivity index (χ0n) is 14.1. The van der Waals surface area contributed by atoms with Gasteiger partial charge in [-0.15, -0.1) is 0 Å². The molecule has 0 aliphatic carbocycles. The number of nitrogens with zero attached hydrogens (tertiary/aromatic N) is 1. The predicted molar refractivity (Wildman–Crippen MR) is 102 cm³/mol.